The van der Waals surface area contributed by atoms with Crippen LogP contribution in [0.25, 0.3) is 0 Å². The van der Waals surface area contributed by atoms with Gasteiger partial charge in [-0.05, 0) is 19.0 Å². The van der Waals surface area contributed by atoms with E-state index in [9.17, 15) is 0 Å². The minimum Gasteiger partial charge on any atom is -0.402 e. The van der Waals surface area contributed by atoms with E-state index in [0.717, 1.165) is 18.5 Å². The highest BCUT2D eigenvalue weighted by atomic mass is 14.8. The van der Waals surface area contributed by atoms with Crippen LogP contribution < -0.4 is 17.2 Å². The first-order chi connectivity index (χ1) is 5.16. The summed E-state index contributed by atoms with van der Waals surface area (Å²) in [5.41, 5.74) is 17.6. The summed E-state index contributed by atoms with van der Waals surface area (Å²) in [7, 11) is 0. The lowest BCUT2D eigenvalue weighted by molar-refractivity contribution is 0.482. The monoisotopic (exact) mass is 153 g/mol. The van der Waals surface area contributed by atoms with E-state index in [4.69, 9.17) is 17.2 Å². The van der Waals surface area contributed by atoms with Crippen molar-refractivity contribution >= 4 is 0 Å². The molecule has 0 amide bonds. The predicted molar refractivity (Wildman–Crippen MR) is 46.6 cm³/mol. The third-order valence-corrected chi connectivity index (χ3v) is 1.88. The van der Waals surface area contributed by atoms with Crippen LogP contribution in [0.2, 0.25) is 0 Å². The average Bonchev–Trinajstić information content (AvgIpc) is 1.86. The van der Waals surface area contributed by atoms with E-state index in [2.05, 4.69) is 0 Å². The van der Waals surface area contributed by atoms with Crippen LogP contribution in [-0.2, 0) is 0 Å². The van der Waals surface area contributed by atoms with Crippen LogP contribution in [0.5, 0.6) is 0 Å². The maximum Gasteiger partial charge on any atom is 0.0409 e. The Kier molecular flexibility index (Phi) is 2.31. The molecule has 1 unspecified atom stereocenters. The van der Waals surface area contributed by atoms with Crippen molar-refractivity contribution in [2.24, 2.45) is 17.2 Å². The van der Waals surface area contributed by atoms with Gasteiger partial charge in [0.05, 0.1) is 0 Å². The van der Waals surface area contributed by atoms with Crippen molar-refractivity contribution in [1.29, 1.82) is 0 Å². The number of nitrogens with two attached hydrogens (primary N) is 3. The fraction of sp³-hybridized carbons (Fsp3) is 0.500. The Morgan fingerprint density at radius 3 is 2.82 bits per heavy atom. The van der Waals surface area contributed by atoms with Crippen molar-refractivity contribution in [3.63, 3.8) is 0 Å². The van der Waals surface area contributed by atoms with Crippen LogP contribution in [0, 0.1) is 0 Å². The zero-order valence-electron chi connectivity index (χ0n) is 6.59. The molecular weight excluding hydrogens is 138 g/mol. The molecule has 0 aliphatic heterocycles. The second kappa shape index (κ2) is 3.07. The molecule has 0 aromatic heterocycles. The van der Waals surface area contributed by atoms with Crippen LogP contribution >= 0.6 is 0 Å². The fourth-order valence-corrected chi connectivity index (χ4v) is 1.30. The van der Waals surface area contributed by atoms with Crippen molar-refractivity contribution < 1.29 is 0 Å². The van der Waals surface area contributed by atoms with Gasteiger partial charge in [0.1, 0.15) is 0 Å². The molecule has 1 aliphatic rings. The Balaban J connectivity index is 2.62. The van der Waals surface area contributed by atoms with Crippen molar-refractivity contribution in [3.05, 3.63) is 23.9 Å². The molecule has 1 rings (SSSR count). The lowest BCUT2D eigenvalue weighted by atomic mass is 9.87. The molecule has 0 fully saturated rings. The van der Waals surface area contributed by atoms with Gasteiger partial charge < -0.3 is 17.2 Å². The smallest absolute Gasteiger partial charge is 0.0409 e. The molecule has 0 heterocycles. The highest BCUT2D eigenvalue weighted by Crippen LogP contribution is 2.20. The maximum absolute atomic E-state index is 5.97. The number of hydrogen-bond acceptors (Lipinski definition) is 3. The Labute approximate surface area is 66.9 Å². The molecule has 1 atom stereocenters. The first kappa shape index (κ1) is 8.30. The lowest BCUT2D eigenvalue weighted by Crippen LogP contribution is -2.41. The Morgan fingerprint density at radius 2 is 2.27 bits per heavy atom. The van der Waals surface area contributed by atoms with Gasteiger partial charge in [-0.2, -0.15) is 0 Å². The number of allylic oxidation sites excluding steroid dienone is 2. The number of hydrogen-bond donors (Lipinski definition) is 3. The van der Waals surface area contributed by atoms with E-state index < -0.39 is 0 Å². The molecule has 0 saturated heterocycles. The molecule has 0 bridgehead atoms. The summed E-state index contributed by atoms with van der Waals surface area (Å²) in [4.78, 5) is 0. The van der Waals surface area contributed by atoms with Gasteiger partial charge in [0.2, 0.25) is 0 Å². The van der Waals surface area contributed by atoms with Gasteiger partial charge in [0, 0.05) is 17.7 Å². The second-order valence-corrected chi connectivity index (χ2v) is 3.05. The molecule has 62 valence electrons. The van der Waals surface area contributed by atoms with Crippen LogP contribution in [-0.4, -0.2) is 12.1 Å². The number of rotatable bonds is 2. The molecule has 3 nitrogen and oxygen atoms in total. The van der Waals surface area contributed by atoms with E-state index in [1.54, 1.807) is 0 Å². The fourth-order valence-electron chi connectivity index (χ4n) is 1.30. The zero-order valence-corrected chi connectivity index (χ0v) is 6.59. The Morgan fingerprint density at radius 1 is 1.55 bits per heavy atom. The Bertz CT molecular complexity index is 196. The molecule has 0 spiro atoms. The van der Waals surface area contributed by atoms with Gasteiger partial charge in [0.25, 0.3) is 0 Å². The Hall–Kier alpha value is -0.800. The first-order valence-corrected chi connectivity index (χ1v) is 3.79. The summed E-state index contributed by atoms with van der Waals surface area (Å²) < 4.78 is 0. The SMILES string of the molecule is NCCC1(N)C=CC=C(N)C1. The van der Waals surface area contributed by atoms with Crippen LogP contribution in [0.1, 0.15) is 12.8 Å². The standard InChI is InChI=1S/C8H15N3/c9-5-4-8(11)3-1-2-7(10)6-8/h1-3H,4-6,9-11H2. The molecule has 3 heteroatoms. The van der Waals surface area contributed by atoms with Gasteiger partial charge in [-0.3, -0.25) is 0 Å². The summed E-state index contributed by atoms with van der Waals surface area (Å²) >= 11 is 0. The van der Waals surface area contributed by atoms with Crippen LogP contribution in [0.15, 0.2) is 23.9 Å². The molecule has 6 N–H and O–H groups in total. The van der Waals surface area contributed by atoms with Gasteiger partial charge in [0.15, 0.2) is 0 Å². The zero-order chi connectivity index (χ0) is 8.32. The molecule has 1 aliphatic carbocycles. The molecule has 11 heavy (non-hydrogen) atoms. The third-order valence-electron chi connectivity index (χ3n) is 1.88. The predicted octanol–water partition coefficient (Wildman–Crippen LogP) is -0.165. The van der Waals surface area contributed by atoms with Crippen molar-refractivity contribution in [1.82, 2.24) is 0 Å². The minimum atomic E-state index is -0.298. The van der Waals surface area contributed by atoms with E-state index in [0.29, 0.717) is 6.54 Å². The molecule has 0 saturated carbocycles. The largest absolute Gasteiger partial charge is 0.402 e. The van der Waals surface area contributed by atoms with Gasteiger partial charge >= 0.3 is 0 Å². The van der Waals surface area contributed by atoms with Gasteiger partial charge in [-0.1, -0.05) is 12.2 Å². The lowest BCUT2D eigenvalue weighted by Gasteiger charge is -2.27. The van der Waals surface area contributed by atoms with Crippen molar-refractivity contribution in [2.45, 2.75) is 18.4 Å². The average molecular weight is 153 g/mol. The molecular formula is C8H15N3. The molecule has 0 aromatic rings. The summed E-state index contributed by atoms with van der Waals surface area (Å²) in [5.74, 6) is 0. The topological polar surface area (TPSA) is 78.1 Å². The van der Waals surface area contributed by atoms with E-state index in [-0.39, 0.29) is 5.54 Å². The van der Waals surface area contributed by atoms with Crippen molar-refractivity contribution in [2.75, 3.05) is 6.54 Å². The summed E-state index contributed by atoms with van der Waals surface area (Å²) in [6.45, 7) is 0.605. The normalized spacial score (nSPS) is 30.2. The second-order valence-electron chi connectivity index (χ2n) is 3.05. The van der Waals surface area contributed by atoms with Gasteiger partial charge in [-0.25, -0.2) is 0 Å². The highest BCUT2D eigenvalue weighted by molar-refractivity contribution is 5.24. The summed E-state index contributed by atoms with van der Waals surface area (Å²) in [6, 6.07) is 0. The summed E-state index contributed by atoms with van der Waals surface area (Å²) in [6.07, 6.45) is 7.26. The maximum atomic E-state index is 5.97. The minimum absolute atomic E-state index is 0.298. The molecule has 0 aromatic carbocycles. The highest BCUT2D eigenvalue weighted by Gasteiger charge is 2.22. The van der Waals surface area contributed by atoms with Crippen molar-refractivity contribution in [3.8, 4) is 0 Å². The van der Waals surface area contributed by atoms with E-state index in [1.807, 2.05) is 18.2 Å². The summed E-state index contributed by atoms with van der Waals surface area (Å²) in [5, 5.41) is 0. The quantitative estimate of drug-likeness (QED) is 0.515. The van der Waals surface area contributed by atoms with Crippen LogP contribution in [0.4, 0.5) is 0 Å². The molecule has 0 radical (unpaired) electrons. The first-order valence-electron chi connectivity index (χ1n) is 3.79. The van der Waals surface area contributed by atoms with Gasteiger partial charge in [-0.15, -0.1) is 0 Å². The van der Waals surface area contributed by atoms with Crippen LogP contribution in [0.3, 0.4) is 0 Å². The third kappa shape index (κ3) is 2.06. The van der Waals surface area contributed by atoms with E-state index in [1.165, 1.54) is 0 Å². The van der Waals surface area contributed by atoms with E-state index >= 15 is 0 Å².